The van der Waals surface area contributed by atoms with Crippen molar-refractivity contribution in [3.8, 4) is 6.07 Å². The van der Waals surface area contributed by atoms with Gasteiger partial charge in [0.15, 0.2) is 0 Å². The summed E-state index contributed by atoms with van der Waals surface area (Å²) in [6, 6.07) is 7.10. The zero-order chi connectivity index (χ0) is 14.5. The highest BCUT2D eigenvalue weighted by molar-refractivity contribution is 5.59. The Morgan fingerprint density at radius 2 is 2.10 bits per heavy atom. The van der Waals surface area contributed by atoms with Crippen molar-refractivity contribution in [3.05, 3.63) is 29.6 Å². The molecule has 1 aromatic carbocycles. The molecular weight excluding hydrogens is 251 g/mol. The van der Waals surface area contributed by atoms with Crippen molar-refractivity contribution in [1.29, 1.82) is 5.26 Å². The molecule has 106 valence electrons. The van der Waals surface area contributed by atoms with Crippen LogP contribution in [0.4, 0.5) is 10.1 Å². The predicted octanol–water partition coefficient (Wildman–Crippen LogP) is 4.32. The first kappa shape index (κ1) is 13.4. The topological polar surface area (TPSA) is 35.8 Å². The van der Waals surface area contributed by atoms with Crippen LogP contribution >= 0.6 is 0 Å². The Balaban J connectivity index is 1.96. The van der Waals surface area contributed by atoms with Gasteiger partial charge in [-0.2, -0.15) is 5.26 Å². The molecule has 2 nitrogen and oxygen atoms in total. The van der Waals surface area contributed by atoms with Gasteiger partial charge in [-0.15, -0.1) is 0 Å². The van der Waals surface area contributed by atoms with Crippen molar-refractivity contribution in [3.63, 3.8) is 0 Å². The molecule has 20 heavy (non-hydrogen) atoms. The van der Waals surface area contributed by atoms with E-state index in [1.165, 1.54) is 25.3 Å². The Morgan fingerprint density at radius 3 is 2.70 bits per heavy atom. The Kier molecular flexibility index (Phi) is 2.83. The number of anilines is 1. The first-order valence-electron chi connectivity index (χ1n) is 7.33. The van der Waals surface area contributed by atoms with Crippen molar-refractivity contribution >= 4 is 5.69 Å². The summed E-state index contributed by atoms with van der Waals surface area (Å²) < 4.78 is 13.7. The van der Waals surface area contributed by atoms with Crippen molar-refractivity contribution in [2.24, 2.45) is 16.7 Å². The fourth-order valence-corrected chi connectivity index (χ4v) is 4.58. The largest absolute Gasteiger partial charge is 0.380 e. The van der Waals surface area contributed by atoms with E-state index < -0.39 is 5.82 Å². The van der Waals surface area contributed by atoms with E-state index in [-0.39, 0.29) is 16.4 Å². The van der Waals surface area contributed by atoms with Crippen LogP contribution in [-0.4, -0.2) is 6.04 Å². The minimum atomic E-state index is -0.441. The van der Waals surface area contributed by atoms with Gasteiger partial charge in [0.05, 0.1) is 5.69 Å². The minimum absolute atomic E-state index is 0.134. The summed E-state index contributed by atoms with van der Waals surface area (Å²) in [5.74, 6) is 0.285. The summed E-state index contributed by atoms with van der Waals surface area (Å²) in [6.45, 7) is 6.92. The van der Waals surface area contributed by atoms with Crippen molar-refractivity contribution in [2.45, 2.75) is 46.1 Å². The van der Waals surface area contributed by atoms with Crippen molar-refractivity contribution in [1.82, 2.24) is 0 Å². The number of rotatable bonds is 2. The van der Waals surface area contributed by atoms with Gasteiger partial charge >= 0.3 is 0 Å². The number of nitrogens with zero attached hydrogens (tertiary/aromatic N) is 1. The molecule has 1 N–H and O–H groups in total. The number of fused-ring (bicyclic) bond motifs is 2. The molecule has 2 fully saturated rings. The van der Waals surface area contributed by atoms with Crippen molar-refractivity contribution in [2.75, 3.05) is 5.32 Å². The van der Waals surface area contributed by atoms with Crippen LogP contribution in [0.15, 0.2) is 18.2 Å². The summed E-state index contributed by atoms with van der Waals surface area (Å²) >= 11 is 0. The van der Waals surface area contributed by atoms with E-state index in [1.54, 1.807) is 6.07 Å². The SMILES string of the molecule is CC12CCC(C1)C(C)(C)C2Nc1cccc(F)c1C#N. The number of benzene rings is 1. The van der Waals surface area contributed by atoms with Crippen LogP contribution in [0.3, 0.4) is 0 Å². The van der Waals surface area contributed by atoms with Gasteiger partial charge in [0, 0.05) is 6.04 Å². The smallest absolute Gasteiger partial charge is 0.143 e. The molecule has 0 radical (unpaired) electrons. The van der Waals surface area contributed by atoms with Gasteiger partial charge in [-0.25, -0.2) is 4.39 Å². The molecule has 0 amide bonds. The molecule has 2 aliphatic carbocycles. The third-order valence-electron chi connectivity index (χ3n) is 5.70. The van der Waals surface area contributed by atoms with Gasteiger partial charge in [-0.3, -0.25) is 0 Å². The molecule has 2 saturated carbocycles. The van der Waals surface area contributed by atoms with E-state index in [1.807, 2.05) is 12.1 Å². The quantitative estimate of drug-likeness (QED) is 0.870. The average molecular weight is 272 g/mol. The highest BCUT2D eigenvalue weighted by Crippen LogP contribution is 2.63. The number of hydrogen-bond donors (Lipinski definition) is 1. The maximum absolute atomic E-state index is 13.7. The van der Waals surface area contributed by atoms with E-state index in [0.29, 0.717) is 11.7 Å². The van der Waals surface area contributed by atoms with Gasteiger partial charge in [-0.1, -0.05) is 26.8 Å². The van der Waals surface area contributed by atoms with Crippen LogP contribution in [0.25, 0.3) is 0 Å². The fraction of sp³-hybridized carbons (Fsp3) is 0.588. The lowest BCUT2D eigenvalue weighted by Gasteiger charge is -2.43. The third-order valence-corrected chi connectivity index (χ3v) is 5.70. The van der Waals surface area contributed by atoms with Gasteiger partial charge in [0.25, 0.3) is 0 Å². The summed E-state index contributed by atoms with van der Waals surface area (Å²) in [6.07, 6.45) is 3.74. The maximum Gasteiger partial charge on any atom is 0.143 e. The van der Waals surface area contributed by atoms with Crippen molar-refractivity contribution < 1.29 is 4.39 Å². The summed E-state index contributed by atoms with van der Waals surface area (Å²) in [5.41, 5.74) is 1.22. The first-order chi connectivity index (χ1) is 9.38. The highest BCUT2D eigenvalue weighted by atomic mass is 19.1. The third kappa shape index (κ3) is 1.74. The Labute approximate surface area is 120 Å². The summed E-state index contributed by atoms with van der Waals surface area (Å²) in [4.78, 5) is 0. The molecule has 0 saturated heterocycles. The molecule has 2 aliphatic rings. The standard InChI is InChI=1S/C17H21FN2/c1-16(2)11-7-8-17(3,9-11)15(16)20-14-6-4-5-13(18)12(14)10-19/h4-6,11,15,20H,7-9H2,1-3H3. The summed E-state index contributed by atoms with van der Waals surface area (Å²) in [5, 5.41) is 12.7. The second kappa shape index (κ2) is 4.22. The Hall–Kier alpha value is -1.56. The van der Waals surface area contributed by atoms with Crippen LogP contribution in [0.2, 0.25) is 0 Å². The molecule has 2 bridgehead atoms. The molecule has 3 rings (SSSR count). The van der Waals surface area contributed by atoms with Gasteiger partial charge < -0.3 is 5.32 Å². The van der Waals surface area contributed by atoms with E-state index in [9.17, 15) is 4.39 Å². The second-order valence-corrected chi connectivity index (χ2v) is 7.27. The fourth-order valence-electron chi connectivity index (χ4n) is 4.58. The molecule has 0 aliphatic heterocycles. The lowest BCUT2D eigenvalue weighted by atomic mass is 9.68. The molecule has 0 spiro atoms. The highest BCUT2D eigenvalue weighted by Gasteiger charge is 2.59. The Morgan fingerprint density at radius 1 is 1.35 bits per heavy atom. The second-order valence-electron chi connectivity index (χ2n) is 7.27. The monoisotopic (exact) mass is 272 g/mol. The number of nitriles is 1. The number of hydrogen-bond acceptors (Lipinski definition) is 2. The molecule has 3 heteroatoms. The summed E-state index contributed by atoms with van der Waals surface area (Å²) in [7, 11) is 0. The van der Waals surface area contributed by atoms with E-state index in [2.05, 4.69) is 26.1 Å². The zero-order valence-corrected chi connectivity index (χ0v) is 12.3. The lowest BCUT2D eigenvalue weighted by molar-refractivity contribution is 0.155. The van der Waals surface area contributed by atoms with E-state index in [4.69, 9.17) is 5.26 Å². The lowest BCUT2D eigenvalue weighted by Crippen LogP contribution is -2.45. The van der Waals surface area contributed by atoms with Crippen LogP contribution in [-0.2, 0) is 0 Å². The van der Waals surface area contributed by atoms with Crippen LogP contribution < -0.4 is 5.32 Å². The Bertz CT molecular complexity index is 582. The zero-order valence-electron chi connectivity index (χ0n) is 12.3. The van der Waals surface area contributed by atoms with Gasteiger partial charge in [0.2, 0.25) is 0 Å². The molecular formula is C17H21FN2. The van der Waals surface area contributed by atoms with Crippen LogP contribution in [0.1, 0.15) is 45.6 Å². The van der Waals surface area contributed by atoms with Gasteiger partial charge in [0.1, 0.15) is 17.4 Å². The molecule has 1 aromatic rings. The predicted molar refractivity (Wildman–Crippen MR) is 77.8 cm³/mol. The number of halogens is 1. The number of nitrogens with one attached hydrogen (secondary N) is 1. The normalized spacial score (nSPS) is 34.0. The first-order valence-corrected chi connectivity index (χ1v) is 7.33. The maximum atomic E-state index is 13.7. The van der Waals surface area contributed by atoms with E-state index >= 15 is 0 Å². The van der Waals surface area contributed by atoms with E-state index in [0.717, 1.165) is 5.92 Å². The molecule has 3 atom stereocenters. The average Bonchev–Trinajstić information content (AvgIpc) is 2.86. The van der Waals surface area contributed by atoms with Gasteiger partial charge in [-0.05, 0) is 48.1 Å². The minimum Gasteiger partial charge on any atom is -0.380 e. The van der Waals surface area contributed by atoms with Crippen LogP contribution in [0, 0.1) is 33.9 Å². The molecule has 3 unspecified atom stereocenters. The molecule has 0 aromatic heterocycles. The van der Waals surface area contributed by atoms with Crippen LogP contribution in [0.5, 0.6) is 0 Å². The molecule has 0 heterocycles.